The van der Waals surface area contributed by atoms with Gasteiger partial charge in [-0.15, -0.1) is 0 Å². The Kier molecular flexibility index (Phi) is 16.5. The van der Waals surface area contributed by atoms with Gasteiger partial charge in [-0.05, 0) is 78.8 Å². The van der Waals surface area contributed by atoms with E-state index in [9.17, 15) is 32.4 Å². The maximum atomic E-state index is 13.9. The fraction of sp³-hybridized carbons (Fsp3) is 0.419. The smallest absolute Gasteiger partial charge is 0.466 e. The van der Waals surface area contributed by atoms with Gasteiger partial charge in [0.2, 0.25) is 6.29 Å². The number of nitrogens with zero attached hydrogens (tertiary/aromatic N) is 1. The quantitative estimate of drug-likeness (QED) is 0.0330. The van der Waals surface area contributed by atoms with Gasteiger partial charge < -0.3 is 33.6 Å². The number of carbonyl (C=O) groups excluding carboxylic acids is 5. The van der Waals surface area contributed by atoms with Crippen LogP contribution < -0.4 is 5.32 Å². The summed E-state index contributed by atoms with van der Waals surface area (Å²) in [5, 5.41) is 4.15. The second-order valence-corrected chi connectivity index (χ2v) is 20.4. The number of esters is 2. The molecule has 0 aliphatic carbocycles. The molecule has 19 heteroatoms. The second-order valence-electron chi connectivity index (χ2n) is 14.9. The molecule has 2 aliphatic rings. The van der Waals surface area contributed by atoms with E-state index in [1.54, 1.807) is 47.6 Å². The Hall–Kier alpha value is -4.42. The summed E-state index contributed by atoms with van der Waals surface area (Å²) in [5.41, 5.74) is 2.53. The maximum absolute atomic E-state index is 13.9. The topological polar surface area (TPSA) is 185 Å². The van der Waals surface area contributed by atoms with Crippen molar-refractivity contribution < 1.29 is 55.8 Å². The van der Waals surface area contributed by atoms with Crippen molar-refractivity contribution in [3.63, 3.8) is 0 Å². The van der Waals surface area contributed by atoms with Gasteiger partial charge in [0.05, 0.1) is 40.0 Å². The molecule has 6 rings (SSSR count). The molecule has 2 unspecified atom stereocenters. The third-order valence-electron chi connectivity index (χ3n) is 10.2. The Morgan fingerprint density at radius 3 is 2.56 bits per heavy atom. The summed E-state index contributed by atoms with van der Waals surface area (Å²) in [6.07, 6.45) is 4.59. The van der Waals surface area contributed by atoms with Crippen LogP contribution in [0.25, 0.3) is 11.0 Å². The summed E-state index contributed by atoms with van der Waals surface area (Å²) in [6, 6.07) is 13.0. The Morgan fingerprint density at radius 2 is 1.79 bits per heavy atom. The van der Waals surface area contributed by atoms with E-state index < -0.39 is 40.2 Å². The van der Waals surface area contributed by atoms with E-state index in [-0.39, 0.29) is 65.0 Å². The fourth-order valence-corrected chi connectivity index (χ4v) is 11.5. The number of carbonyl (C=O) groups is 5. The first-order valence-corrected chi connectivity index (χ1v) is 25.0. The first-order valence-electron chi connectivity index (χ1n) is 20.0. The number of benzene rings is 3. The number of hydrogen-bond donors (Lipinski definition) is 1. The number of hydrogen-bond acceptors (Lipinski definition) is 14. The van der Waals surface area contributed by atoms with Crippen LogP contribution in [-0.2, 0) is 57.8 Å². The number of furan rings is 1. The summed E-state index contributed by atoms with van der Waals surface area (Å²) in [7, 11) is 0.182. The monoisotopic (exact) mass is 948 g/mol. The molecule has 14 nitrogen and oxygen atoms in total. The second kappa shape index (κ2) is 21.8. The van der Waals surface area contributed by atoms with Crippen LogP contribution in [0.3, 0.4) is 0 Å². The predicted octanol–water partition coefficient (Wildman–Crippen LogP) is 8.37. The minimum absolute atomic E-state index is 0.00870. The van der Waals surface area contributed by atoms with Crippen LogP contribution >= 0.6 is 44.8 Å². The fourth-order valence-electron chi connectivity index (χ4n) is 6.98. The van der Waals surface area contributed by atoms with Crippen molar-refractivity contribution in [1.82, 2.24) is 10.2 Å². The molecule has 62 heavy (non-hydrogen) atoms. The normalized spacial score (nSPS) is 15.9. The van der Waals surface area contributed by atoms with Gasteiger partial charge in [0.1, 0.15) is 11.6 Å². The van der Waals surface area contributed by atoms with E-state index >= 15 is 0 Å². The molecule has 1 aromatic heterocycles. The van der Waals surface area contributed by atoms with Gasteiger partial charge in [-0.3, -0.25) is 14.4 Å². The van der Waals surface area contributed by atoms with Crippen LogP contribution in [0, 0.1) is 0 Å². The zero-order chi connectivity index (χ0) is 44.4. The standard InChI is InChI=1S/C43H46Cl2N2O12S3/c1-26(59-43(52)57-18-6-17-56-37(48)10-4-3-8-31-15-20-60-61-31)58-42(51)35(22-27-7-5-9-32(21-27)62(2,53)54)46-40(49)38-34(44)23-30-25-47(16-13-33(30)39(38)45)41(50)29-12-11-28-14-19-55-36(28)24-29/h5,7,9,11-12,14,19,21,23-24,26,31,35H,3-4,6,8,10,13,15-18,20,22,25H2,1-2H3,(H,46,49)/t26?,31?,35-/m0/s1. The molecule has 1 saturated heterocycles. The van der Waals surface area contributed by atoms with Crippen LogP contribution in [-0.4, -0.2) is 92.6 Å². The molecule has 0 saturated carbocycles. The number of ether oxygens (including phenoxy) is 4. The average molecular weight is 950 g/mol. The van der Waals surface area contributed by atoms with Crippen LogP contribution in [0.5, 0.6) is 0 Å². The molecule has 1 N–H and O–H groups in total. The SMILES string of the molecule is CC(OC(=O)OCCCOC(=O)CCCCC1CCSS1)OC(=O)[C@H](Cc1cccc(S(C)(=O)=O)c1)NC(=O)c1c(Cl)cc2c(c1Cl)CCN(C(=O)c1ccc3ccoc3c1)C2. The van der Waals surface area contributed by atoms with Crippen molar-refractivity contribution in [2.24, 2.45) is 0 Å². The summed E-state index contributed by atoms with van der Waals surface area (Å²) >= 11 is 13.5. The lowest BCUT2D eigenvalue weighted by Crippen LogP contribution is -2.45. The molecule has 4 aromatic rings. The first kappa shape index (κ1) is 47.1. The van der Waals surface area contributed by atoms with Crippen LogP contribution in [0.4, 0.5) is 4.79 Å². The molecule has 0 spiro atoms. The third-order valence-corrected chi connectivity index (χ3v) is 15.0. The van der Waals surface area contributed by atoms with Crippen molar-refractivity contribution >= 4 is 95.5 Å². The molecular weight excluding hydrogens is 904 g/mol. The number of halogens is 2. The molecule has 332 valence electrons. The van der Waals surface area contributed by atoms with E-state index in [0.29, 0.717) is 52.5 Å². The highest BCUT2D eigenvalue weighted by Gasteiger charge is 2.32. The molecule has 3 atom stereocenters. The minimum atomic E-state index is -3.62. The van der Waals surface area contributed by atoms with Gasteiger partial charge in [-0.1, -0.05) is 69.4 Å². The van der Waals surface area contributed by atoms with Crippen molar-refractivity contribution in [2.75, 3.05) is 31.8 Å². The number of sulfone groups is 1. The van der Waals surface area contributed by atoms with E-state index in [1.165, 1.54) is 37.3 Å². The molecule has 2 amide bonds. The third kappa shape index (κ3) is 12.8. The highest BCUT2D eigenvalue weighted by molar-refractivity contribution is 8.77. The van der Waals surface area contributed by atoms with Gasteiger partial charge in [-0.25, -0.2) is 18.0 Å². The van der Waals surface area contributed by atoms with E-state index in [0.717, 1.165) is 30.9 Å². The van der Waals surface area contributed by atoms with E-state index in [2.05, 4.69) is 5.32 Å². The molecular formula is C43H46Cl2N2O12S3. The molecule has 0 bridgehead atoms. The van der Waals surface area contributed by atoms with Crippen molar-refractivity contribution in [2.45, 2.75) is 87.3 Å². The number of nitrogens with one attached hydrogen (secondary N) is 1. The lowest BCUT2D eigenvalue weighted by Gasteiger charge is -2.30. The molecule has 3 heterocycles. The average Bonchev–Trinajstić information content (AvgIpc) is 3.94. The zero-order valence-corrected chi connectivity index (χ0v) is 38.0. The largest absolute Gasteiger partial charge is 0.511 e. The van der Waals surface area contributed by atoms with Gasteiger partial charge in [0.15, 0.2) is 9.84 Å². The van der Waals surface area contributed by atoms with Gasteiger partial charge >= 0.3 is 18.1 Å². The minimum Gasteiger partial charge on any atom is -0.466 e. The highest BCUT2D eigenvalue weighted by atomic mass is 35.5. The van der Waals surface area contributed by atoms with Crippen molar-refractivity contribution in [1.29, 1.82) is 0 Å². The van der Waals surface area contributed by atoms with Crippen molar-refractivity contribution in [3.05, 3.63) is 98.7 Å². The Balaban J connectivity index is 1.05. The number of fused-ring (bicyclic) bond motifs is 2. The molecule has 1 fully saturated rings. The Bertz CT molecular complexity index is 2400. The molecule has 0 radical (unpaired) electrons. The Labute approximate surface area is 377 Å². The van der Waals surface area contributed by atoms with Gasteiger partial charge in [-0.2, -0.15) is 0 Å². The van der Waals surface area contributed by atoms with Crippen LogP contribution in [0.2, 0.25) is 10.0 Å². The molecule has 2 aliphatic heterocycles. The number of rotatable bonds is 18. The van der Waals surface area contributed by atoms with Gasteiger partial charge in [0, 0.05) is 67.5 Å². The van der Waals surface area contributed by atoms with Crippen molar-refractivity contribution in [3.8, 4) is 0 Å². The highest BCUT2D eigenvalue weighted by Crippen LogP contribution is 2.40. The lowest BCUT2D eigenvalue weighted by molar-refractivity contribution is -0.170. The van der Waals surface area contributed by atoms with E-state index in [4.69, 9.17) is 46.6 Å². The van der Waals surface area contributed by atoms with E-state index in [1.807, 2.05) is 21.6 Å². The number of amides is 2. The summed E-state index contributed by atoms with van der Waals surface area (Å²) in [5.74, 6) is -1.22. The number of unbranched alkanes of at least 4 members (excludes halogenated alkanes) is 1. The summed E-state index contributed by atoms with van der Waals surface area (Å²) < 4.78 is 50.8. The Morgan fingerprint density at radius 1 is 0.984 bits per heavy atom. The lowest BCUT2D eigenvalue weighted by atomic mass is 9.95. The maximum Gasteiger partial charge on any atom is 0.511 e. The predicted molar refractivity (Wildman–Crippen MR) is 236 cm³/mol. The summed E-state index contributed by atoms with van der Waals surface area (Å²) in [6.45, 7) is 1.66. The van der Waals surface area contributed by atoms with Crippen LogP contribution in [0.1, 0.15) is 82.9 Å². The molecule has 3 aromatic carbocycles. The van der Waals surface area contributed by atoms with Crippen LogP contribution in [0.15, 0.2) is 70.2 Å². The zero-order valence-electron chi connectivity index (χ0n) is 34.0. The summed E-state index contributed by atoms with van der Waals surface area (Å²) in [4.78, 5) is 67.1. The first-order chi connectivity index (χ1) is 29.7. The van der Waals surface area contributed by atoms with Gasteiger partial charge in [0.25, 0.3) is 11.8 Å².